The molecule has 0 unspecified atom stereocenters. The summed E-state index contributed by atoms with van der Waals surface area (Å²) in [5, 5.41) is 5.09. The third-order valence-corrected chi connectivity index (χ3v) is 12.5. The molecule has 12 rings (SSSR count). The Hall–Kier alpha value is -8.20. The van der Waals surface area contributed by atoms with Crippen molar-refractivity contribution in [2.24, 2.45) is 0 Å². The molecule has 0 saturated heterocycles. The maximum atomic E-state index is 4.80. The second kappa shape index (κ2) is 14.8. The highest BCUT2D eigenvalue weighted by Crippen LogP contribution is 2.58. The fourth-order valence-electron chi connectivity index (χ4n) is 9.72. The van der Waals surface area contributed by atoms with Crippen LogP contribution in [0, 0.1) is 0 Å². The van der Waals surface area contributed by atoms with Gasteiger partial charge in [0.15, 0.2) is 0 Å². The quantitative estimate of drug-likeness (QED) is 0.161. The minimum Gasteiger partial charge on any atom is -0.255 e. The highest BCUT2D eigenvalue weighted by atomic mass is 14.8. The fraction of sp³-hybridized carbons (Fsp3) is 0. The van der Waals surface area contributed by atoms with Gasteiger partial charge in [-0.15, -0.1) is 0 Å². The molecule has 0 amide bonds. The Balaban J connectivity index is 1.06. The van der Waals surface area contributed by atoms with Gasteiger partial charge in [-0.1, -0.05) is 176 Å². The number of pyridine rings is 2. The van der Waals surface area contributed by atoms with E-state index in [-0.39, 0.29) is 0 Å². The number of hydrogen-bond acceptors (Lipinski definition) is 2. The summed E-state index contributed by atoms with van der Waals surface area (Å²) in [6.45, 7) is 0. The van der Waals surface area contributed by atoms with E-state index in [1.54, 1.807) is 6.20 Å². The van der Waals surface area contributed by atoms with E-state index < -0.39 is 0 Å². The highest BCUT2D eigenvalue weighted by Gasteiger charge is 2.31. The SMILES string of the molecule is c1ccc(-c2cc(-c3cccc(-c4ccc(-c5ccccn5)nc4)c3)cc(-c3ccc4c5c(cccc35)-c3c-4c(-c4ccccc4)c4ccccc4c3-c3ccccc3)c2)cc1. The number of rotatable bonds is 7. The normalized spacial score (nSPS) is 11.5. The molecule has 2 heteroatoms. The molecule has 62 heavy (non-hydrogen) atoms. The molecule has 0 atom stereocenters. The van der Waals surface area contributed by atoms with Crippen molar-refractivity contribution in [2.45, 2.75) is 0 Å². The average Bonchev–Trinajstić information content (AvgIpc) is 3.69. The minimum atomic E-state index is 0.861. The van der Waals surface area contributed by atoms with Crippen LogP contribution in [0.4, 0.5) is 0 Å². The lowest BCUT2D eigenvalue weighted by molar-refractivity contribution is 1.25. The van der Waals surface area contributed by atoms with Crippen molar-refractivity contribution >= 4 is 21.5 Å². The summed E-state index contributed by atoms with van der Waals surface area (Å²) in [6.07, 6.45) is 3.76. The molecule has 2 nitrogen and oxygen atoms in total. The Labute approximate surface area is 361 Å². The van der Waals surface area contributed by atoms with Crippen LogP contribution in [0.1, 0.15) is 0 Å². The molecule has 0 aliphatic heterocycles. The molecule has 2 heterocycles. The molecule has 2 aromatic heterocycles. The van der Waals surface area contributed by atoms with E-state index in [4.69, 9.17) is 4.98 Å². The van der Waals surface area contributed by atoms with Crippen LogP contribution >= 0.6 is 0 Å². The van der Waals surface area contributed by atoms with E-state index in [1.165, 1.54) is 88.3 Å². The van der Waals surface area contributed by atoms with Crippen molar-refractivity contribution < 1.29 is 0 Å². The Bertz CT molecular complexity index is 3380. The van der Waals surface area contributed by atoms with Gasteiger partial charge < -0.3 is 0 Å². The van der Waals surface area contributed by atoms with Crippen molar-refractivity contribution in [1.29, 1.82) is 0 Å². The minimum absolute atomic E-state index is 0.861. The smallest absolute Gasteiger partial charge is 0.0886 e. The maximum Gasteiger partial charge on any atom is 0.0886 e. The van der Waals surface area contributed by atoms with Gasteiger partial charge in [0.25, 0.3) is 0 Å². The van der Waals surface area contributed by atoms with Gasteiger partial charge in [-0.25, -0.2) is 0 Å². The summed E-state index contributed by atoms with van der Waals surface area (Å²) in [7, 11) is 0. The third-order valence-electron chi connectivity index (χ3n) is 12.5. The van der Waals surface area contributed by atoms with Gasteiger partial charge in [0.05, 0.1) is 11.4 Å². The monoisotopic (exact) mass is 786 g/mol. The van der Waals surface area contributed by atoms with E-state index in [1.807, 2.05) is 24.4 Å². The molecular weight excluding hydrogens is 749 g/mol. The number of fused-ring (bicyclic) bond motifs is 4. The van der Waals surface area contributed by atoms with Crippen LogP contribution in [-0.2, 0) is 0 Å². The number of nitrogens with zero attached hydrogens (tertiary/aromatic N) is 2. The predicted octanol–water partition coefficient (Wildman–Crippen LogP) is 16.1. The second-order valence-electron chi connectivity index (χ2n) is 16.1. The first kappa shape index (κ1) is 35.7. The Morgan fingerprint density at radius 1 is 0.242 bits per heavy atom. The second-order valence-corrected chi connectivity index (χ2v) is 16.1. The fourth-order valence-corrected chi connectivity index (χ4v) is 9.72. The molecule has 0 fully saturated rings. The first-order valence-corrected chi connectivity index (χ1v) is 21.2. The van der Waals surface area contributed by atoms with Crippen LogP contribution in [0.2, 0.25) is 0 Å². The van der Waals surface area contributed by atoms with Gasteiger partial charge in [0, 0.05) is 18.0 Å². The van der Waals surface area contributed by atoms with Crippen molar-refractivity contribution in [3.8, 4) is 100 Å². The largest absolute Gasteiger partial charge is 0.255 e. The predicted molar refractivity (Wildman–Crippen MR) is 260 cm³/mol. The van der Waals surface area contributed by atoms with Crippen molar-refractivity contribution in [2.75, 3.05) is 0 Å². The zero-order chi connectivity index (χ0) is 41.0. The number of aromatic nitrogens is 2. The summed E-state index contributed by atoms with van der Waals surface area (Å²) in [4.78, 5) is 9.29. The van der Waals surface area contributed by atoms with Gasteiger partial charge >= 0.3 is 0 Å². The Morgan fingerprint density at radius 2 is 0.726 bits per heavy atom. The topological polar surface area (TPSA) is 25.8 Å². The van der Waals surface area contributed by atoms with Crippen LogP contribution in [0.15, 0.2) is 231 Å². The van der Waals surface area contributed by atoms with Gasteiger partial charge in [-0.3, -0.25) is 9.97 Å². The molecule has 0 spiro atoms. The van der Waals surface area contributed by atoms with Crippen LogP contribution < -0.4 is 0 Å². The molecule has 0 saturated carbocycles. The van der Waals surface area contributed by atoms with E-state index >= 15 is 0 Å². The van der Waals surface area contributed by atoms with Crippen LogP contribution in [0.3, 0.4) is 0 Å². The molecule has 0 radical (unpaired) electrons. The maximum absolute atomic E-state index is 4.80. The molecule has 1 aliphatic rings. The van der Waals surface area contributed by atoms with Crippen molar-refractivity contribution in [3.05, 3.63) is 231 Å². The lowest BCUT2D eigenvalue weighted by Crippen LogP contribution is -1.93. The van der Waals surface area contributed by atoms with Crippen molar-refractivity contribution in [3.63, 3.8) is 0 Å². The zero-order valence-corrected chi connectivity index (χ0v) is 33.8. The summed E-state index contributed by atoms with van der Waals surface area (Å²) in [6, 6.07) is 79.3. The first-order valence-electron chi connectivity index (χ1n) is 21.2. The number of benzene rings is 9. The van der Waals surface area contributed by atoms with Crippen molar-refractivity contribution in [1.82, 2.24) is 9.97 Å². The summed E-state index contributed by atoms with van der Waals surface area (Å²) < 4.78 is 0. The van der Waals surface area contributed by atoms with Gasteiger partial charge in [-0.2, -0.15) is 0 Å². The van der Waals surface area contributed by atoms with Gasteiger partial charge in [0.2, 0.25) is 0 Å². The lowest BCUT2D eigenvalue weighted by atomic mass is 9.82. The van der Waals surface area contributed by atoms with Crippen LogP contribution in [-0.4, -0.2) is 9.97 Å². The van der Waals surface area contributed by atoms with Crippen LogP contribution in [0.25, 0.3) is 122 Å². The Morgan fingerprint density at radius 3 is 1.35 bits per heavy atom. The summed E-state index contributed by atoms with van der Waals surface area (Å²) in [5.41, 5.74) is 21.2. The zero-order valence-electron chi connectivity index (χ0n) is 33.8. The molecule has 1 aliphatic carbocycles. The van der Waals surface area contributed by atoms with Crippen LogP contribution in [0.5, 0.6) is 0 Å². The average molecular weight is 787 g/mol. The molecular formula is C60H38N2. The van der Waals surface area contributed by atoms with Gasteiger partial charge in [-0.05, 0) is 147 Å². The first-order chi connectivity index (χ1) is 30.8. The van der Waals surface area contributed by atoms with E-state index in [0.29, 0.717) is 0 Å². The summed E-state index contributed by atoms with van der Waals surface area (Å²) >= 11 is 0. The molecule has 0 bridgehead atoms. The van der Waals surface area contributed by atoms with E-state index in [0.717, 1.165) is 33.6 Å². The standard InChI is InChI=1S/C60H38N2/c1-4-16-39(17-5-1)45-35-46(43-23-14-22-42(34-43)44-29-32-55(62-38-44)54-28-12-13-33-61-54)37-47(36-45)48-30-31-53-58-49(48)26-15-27-52(58)59-56(40-18-6-2-7-19-40)50-24-10-11-25-51(50)57(60(53)59)41-20-8-3-9-21-41/h1-38H. The van der Waals surface area contributed by atoms with Gasteiger partial charge in [0.1, 0.15) is 0 Å². The lowest BCUT2D eigenvalue weighted by Gasteiger charge is -2.20. The third kappa shape index (κ3) is 5.96. The Kier molecular flexibility index (Phi) is 8.53. The molecule has 288 valence electrons. The molecule has 0 N–H and O–H groups in total. The molecule has 11 aromatic rings. The highest BCUT2D eigenvalue weighted by molar-refractivity contribution is 6.28. The van der Waals surface area contributed by atoms with E-state index in [9.17, 15) is 0 Å². The number of hydrogen-bond donors (Lipinski definition) is 0. The van der Waals surface area contributed by atoms with E-state index in [2.05, 4.69) is 205 Å². The summed E-state index contributed by atoms with van der Waals surface area (Å²) in [5.74, 6) is 0. The molecule has 9 aromatic carbocycles.